The van der Waals surface area contributed by atoms with Crippen molar-refractivity contribution in [2.24, 2.45) is 0 Å². The Morgan fingerprint density at radius 2 is 1.96 bits per heavy atom. The van der Waals surface area contributed by atoms with Crippen molar-refractivity contribution in [3.8, 4) is 5.75 Å². The van der Waals surface area contributed by atoms with Gasteiger partial charge < -0.3 is 9.64 Å². The molecule has 23 heavy (non-hydrogen) atoms. The number of nitrogens with zero attached hydrogens (tertiary/aromatic N) is 2. The summed E-state index contributed by atoms with van der Waals surface area (Å²) in [6.07, 6.45) is 7.68. The predicted molar refractivity (Wildman–Crippen MR) is 92.9 cm³/mol. The maximum absolute atomic E-state index is 12.8. The van der Waals surface area contributed by atoms with Crippen LogP contribution >= 0.6 is 27.3 Å². The summed E-state index contributed by atoms with van der Waals surface area (Å²) in [5, 5.41) is 1.97. The molecule has 2 aliphatic rings. The lowest BCUT2D eigenvalue weighted by Crippen LogP contribution is -2.49. The van der Waals surface area contributed by atoms with E-state index in [4.69, 9.17) is 4.74 Å². The van der Waals surface area contributed by atoms with Crippen LogP contribution in [0.3, 0.4) is 0 Å². The van der Waals surface area contributed by atoms with Gasteiger partial charge in [0.05, 0.1) is 4.88 Å². The minimum absolute atomic E-state index is 0.176. The van der Waals surface area contributed by atoms with Crippen molar-refractivity contribution >= 4 is 33.2 Å². The van der Waals surface area contributed by atoms with Gasteiger partial charge in [-0.2, -0.15) is 0 Å². The highest BCUT2D eigenvalue weighted by atomic mass is 79.9. The number of halogens is 1. The molecule has 2 atom stereocenters. The van der Waals surface area contributed by atoms with E-state index in [-0.39, 0.29) is 12.0 Å². The van der Waals surface area contributed by atoms with E-state index in [2.05, 4.69) is 25.8 Å². The molecule has 4 nitrogen and oxygen atoms in total. The average Bonchev–Trinajstić information content (AvgIpc) is 3.10. The number of rotatable bonds is 3. The summed E-state index contributed by atoms with van der Waals surface area (Å²) >= 11 is 4.94. The highest BCUT2D eigenvalue weighted by Gasteiger charge is 2.44. The van der Waals surface area contributed by atoms with Gasteiger partial charge in [-0.15, -0.1) is 11.3 Å². The number of ether oxygens (including phenoxy) is 1. The maximum atomic E-state index is 12.8. The number of fused-ring (bicyclic) bond motifs is 2. The quantitative estimate of drug-likeness (QED) is 0.788. The highest BCUT2D eigenvalue weighted by molar-refractivity contribution is 9.10. The van der Waals surface area contributed by atoms with Crippen LogP contribution in [0.25, 0.3) is 0 Å². The van der Waals surface area contributed by atoms with Crippen LogP contribution in [0, 0.1) is 0 Å². The number of pyridine rings is 1. The van der Waals surface area contributed by atoms with E-state index in [1.54, 1.807) is 12.4 Å². The van der Waals surface area contributed by atoms with Crippen molar-refractivity contribution in [1.82, 2.24) is 9.88 Å². The molecular formula is C17H17BrN2O2S. The Balaban J connectivity index is 1.47. The fourth-order valence-corrected chi connectivity index (χ4v) is 5.09. The SMILES string of the molecule is O=C(c1cc(Br)cs1)N1C2CCC1CC(Oc1ccncc1)C2. The van der Waals surface area contributed by atoms with E-state index in [9.17, 15) is 4.79 Å². The first-order valence-electron chi connectivity index (χ1n) is 7.84. The summed E-state index contributed by atoms with van der Waals surface area (Å²) < 4.78 is 7.07. The van der Waals surface area contributed by atoms with Crippen LogP contribution in [0.4, 0.5) is 0 Å². The van der Waals surface area contributed by atoms with Gasteiger partial charge in [0.25, 0.3) is 5.91 Å². The number of hydrogen-bond donors (Lipinski definition) is 0. The van der Waals surface area contributed by atoms with Crippen molar-refractivity contribution in [3.05, 3.63) is 45.3 Å². The Hall–Kier alpha value is -1.40. The molecule has 0 saturated carbocycles. The van der Waals surface area contributed by atoms with Crippen molar-refractivity contribution < 1.29 is 9.53 Å². The summed E-state index contributed by atoms with van der Waals surface area (Å²) in [6.45, 7) is 0. The zero-order valence-electron chi connectivity index (χ0n) is 12.5. The number of thiophene rings is 1. The lowest BCUT2D eigenvalue weighted by Gasteiger charge is -2.38. The Bertz CT molecular complexity index is 692. The van der Waals surface area contributed by atoms with Gasteiger partial charge in [-0.3, -0.25) is 9.78 Å². The highest BCUT2D eigenvalue weighted by Crippen LogP contribution is 2.39. The molecule has 4 heterocycles. The van der Waals surface area contributed by atoms with Crippen LogP contribution in [0.5, 0.6) is 5.75 Å². The first-order chi connectivity index (χ1) is 11.2. The van der Waals surface area contributed by atoms with Crippen LogP contribution in [0.1, 0.15) is 35.4 Å². The molecule has 1 amide bonds. The number of piperidine rings is 1. The van der Waals surface area contributed by atoms with Crippen LogP contribution in [-0.4, -0.2) is 34.0 Å². The molecule has 0 N–H and O–H groups in total. The standard InChI is InChI=1S/C17H17BrN2O2S/c18-11-7-16(23-10-11)17(21)20-12-1-2-13(20)9-15(8-12)22-14-3-5-19-6-4-14/h3-7,10,12-13,15H,1-2,8-9H2. The molecule has 0 radical (unpaired) electrons. The number of amides is 1. The summed E-state index contributed by atoms with van der Waals surface area (Å²) in [4.78, 5) is 19.7. The molecule has 120 valence electrons. The molecule has 2 aromatic heterocycles. The van der Waals surface area contributed by atoms with Crippen molar-refractivity contribution in [3.63, 3.8) is 0 Å². The zero-order chi connectivity index (χ0) is 15.8. The number of carbonyl (C=O) groups excluding carboxylic acids is 1. The van der Waals surface area contributed by atoms with Gasteiger partial charge in [-0.1, -0.05) is 0 Å². The van der Waals surface area contributed by atoms with E-state index in [1.807, 2.05) is 23.6 Å². The van der Waals surface area contributed by atoms with Gasteiger partial charge in [-0.05, 0) is 47.0 Å². The molecular weight excluding hydrogens is 376 g/mol. The van der Waals surface area contributed by atoms with E-state index >= 15 is 0 Å². The number of carbonyl (C=O) groups is 1. The van der Waals surface area contributed by atoms with E-state index in [0.29, 0.717) is 12.1 Å². The van der Waals surface area contributed by atoms with E-state index < -0.39 is 0 Å². The average molecular weight is 393 g/mol. The van der Waals surface area contributed by atoms with Gasteiger partial charge >= 0.3 is 0 Å². The summed E-state index contributed by atoms with van der Waals surface area (Å²) in [6, 6.07) is 6.31. The van der Waals surface area contributed by atoms with Crippen molar-refractivity contribution in [2.75, 3.05) is 0 Å². The third kappa shape index (κ3) is 3.02. The largest absolute Gasteiger partial charge is 0.490 e. The lowest BCUT2D eigenvalue weighted by molar-refractivity contribution is 0.0363. The fourth-order valence-electron chi connectivity index (χ4n) is 3.72. The Labute approximate surface area is 147 Å². The second kappa shape index (κ2) is 6.24. The monoisotopic (exact) mass is 392 g/mol. The minimum Gasteiger partial charge on any atom is -0.490 e. The minimum atomic E-state index is 0.176. The lowest BCUT2D eigenvalue weighted by atomic mass is 9.99. The molecule has 0 aromatic carbocycles. The van der Waals surface area contributed by atoms with Gasteiger partial charge in [0.1, 0.15) is 11.9 Å². The molecule has 0 spiro atoms. The molecule has 2 bridgehead atoms. The Morgan fingerprint density at radius 3 is 2.57 bits per heavy atom. The van der Waals surface area contributed by atoms with Crippen LogP contribution in [0.15, 0.2) is 40.4 Å². The van der Waals surface area contributed by atoms with Gasteiger partial charge in [0.2, 0.25) is 0 Å². The normalized spacial score (nSPS) is 26.3. The van der Waals surface area contributed by atoms with Crippen molar-refractivity contribution in [1.29, 1.82) is 0 Å². The smallest absolute Gasteiger partial charge is 0.264 e. The Kier molecular flexibility index (Phi) is 4.11. The molecule has 4 rings (SSSR count). The first kappa shape index (κ1) is 15.1. The second-order valence-electron chi connectivity index (χ2n) is 6.12. The first-order valence-corrected chi connectivity index (χ1v) is 9.51. The number of hydrogen-bond acceptors (Lipinski definition) is 4. The van der Waals surface area contributed by atoms with Crippen LogP contribution in [0.2, 0.25) is 0 Å². The summed E-state index contributed by atoms with van der Waals surface area (Å²) in [5.41, 5.74) is 0. The van der Waals surface area contributed by atoms with Crippen LogP contribution in [-0.2, 0) is 0 Å². The van der Waals surface area contributed by atoms with Gasteiger partial charge in [0, 0.05) is 47.2 Å². The molecule has 2 unspecified atom stereocenters. The van der Waals surface area contributed by atoms with Gasteiger partial charge in [0.15, 0.2) is 0 Å². The third-order valence-electron chi connectivity index (χ3n) is 4.66. The zero-order valence-corrected chi connectivity index (χ0v) is 14.9. The second-order valence-corrected chi connectivity index (χ2v) is 7.95. The van der Waals surface area contributed by atoms with E-state index in [1.165, 1.54) is 11.3 Å². The van der Waals surface area contributed by atoms with Crippen molar-refractivity contribution in [2.45, 2.75) is 43.9 Å². The summed E-state index contributed by atoms with van der Waals surface area (Å²) in [7, 11) is 0. The van der Waals surface area contributed by atoms with E-state index in [0.717, 1.165) is 40.8 Å². The predicted octanol–water partition coefficient (Wildman–Crippen LogP) is 4.12. The van der Waals surface area contributed by atoms with Gasteiger partial charge in [-0.25, -0.2) is 0 Å². The fraction of sp³-hybridized carbons (Fsp3) is 0.412. The number of aromatic nitrogens is 1. The maximum Gasteiger partial charge on any atom is 0.264 e. The third-order valence-corrected chi connectivity index (χ3v) is 6.33. The molecule has 2 fully saturated rings. The topological polar surface area (TPSA) is 42.4 Å². The van der Waals surface area contributed by atoms with Crippen LogP contribution < -0.4 is 4.74 Å². The molecule has 2 saturated heterocycles. The summed E-state index contributed by atoms with van der Waals surface area (Å²) in [5.74, 6) is 1.04. The Morgan fingerprint density at radius 1 is 1.26 bits per heavy atom. The molecule has 6 heteroatoms. The molecule has 2 aliphatic heterocycles. The molecule has 2 aromatic rings. The molecule has 0 aliphatic carbocycles.